The molecule has 1 aromatic heterocycles. The summed E-state index contributed by atoms with van der Waals surface area (Å²) in [6.45, 7) is 0. The molecule has 9 nitrogen and oxygen atoms in total. The molecule has 1 N–H and O–H groups in total. The quantitative estimate of drug-likeness (QED) is 0.227. The molecule has 0 unspecified atom stereocenters. The molecule has 10 heteroatoms. The molecule has 2 aromatic carbocycles. The zero-order valence-corrected chi connectivity index (χ0v) is 14.9. The smallest absolute Gasteiger partial charge is 0.258 e. The van der Waals surface area contributed by atoms with E-state index in [4.69, 9.17) is 0 Å². The summed E-state index contributed by atoms with van der Waals surface area (Å²) >= 11 is 1.36. The van der Waals surface area contributed by atoms with Gasteiger partial charge in [0.25, 0.3) is 5.69 Å². The summed E-state index contributed by atoms with van der Waals surface area (Å²) in [6, 6.07) is 14.8. The predicted molar refractivity (Wildman–Crippen MR) is 100 cm³/mol. The molecule has 1 heterocycles. The Morgan fingerprint density at radius 2 is 1.78 bits per heavy atom. The van der Waals surface area contributed by atoms with Crippen LogP contribution in [0.4, 0.5) is 17.1 Å². The average molecular weight is 384 g/mol. The number of nitrogens with zero attached hydrogens (tertiary/aromatic N) is 4. The van der Waals surface area contributed by atoms with Crippen LogP contribution in [0.5, 0.6) is 0 Å². The van der Waals surface area contributed by atoms with Crippen molar-refractivity contribution in [3.63, 3.8) is 0 Å². The first-order chi connectivity index (χ1) is 13.0. The average Bonchev–Trinajstić information content (AvgIpc) is 2.68. The second-order valence-electron chi connectivity index (χ2n) is 5.36. The Hall–Kier alpha value is -3.53. The molecule has 0 aliphatic carbocycles. The number of nitro benzene ring substituents is 2. The lowest BCUT2D eigenvalue weighted by atomic mass is 10.1. The van der Waals surface area contributed by atoms with Gasteiger partial charge in [-0.15, -0.1) is 4.68 Å². The Bertz CT molecular complexity index is 1010. The van der Waals surface area contributed by atoms with Crippen LogP contribution >= 0.6 is 11.8 Å². The first kappa shape index (κ1) is 18.3. The number of thioether (sulfide) groups is 1. The van der Waals surface area contributed by atoms with Crippen LogP contribution < -0.4 is 10.1 Å². The van der Waals surface area contributed by atoms with Gasteiger partial charge in [-0.25, -0.2) is 5.43 Å². The van der Waals surface area contributed by atoms with Crippen molar-refractivity contribution in [1.29, 1.82) is 0 Å². The Labute approximate surface area is 158 Å². The van der Waals surface area contributed by atoms with E-state index in [1.165, 1.54) is 28.6 Å². The van der Waals surface area contributed by atoms with E-state index in [0.29, 0.717) is 5.16 Å². The van der Waals surface area contributed by atoms with Crippen molar-refractivity contribution in [3.8, 4) is 11.3 Å². The molecular weight excluding hydrogens is 370 g/mol. The molecule has 0 spiro atoms. The fourth-order valence-corrected chi connectivity index (χ4v) is 2.90. The molecule has 0 radical (unpaired) electrons. The lowest BCUT2D eigenvalue weighted by Gasteiger charge is -2.07. The van der Waals surface area contributed by atoms with Gasteiger partial charge in [-0.2, -0.15) is 0 Å². The predicted octanol–water partition coefficient (Wildman–Crippen LogP) is 3.45. The van der Waals surface area contributed by atoms with Gasteiger partial charge in [0.1, 0.15) is 6.20 Å². The molecule has 0 bridgehead atoms. The summed E-state index contributed by atoms with van der Waals surface area (Å²) in [4.78, 5) is 25.4. The van der Waals surface area contributed by atoms with Crippen molar-refractivity contribution in [1.82, 2.24) is 4.98 Å². The maximum absolute atomic E-state index is 11.3. The van der Waals surface area contributed by atoms with Gasteiger partial charge in [0.15, 0.2) is 11.4 Å². The summed E-state index contributed by atoms with van der Waals surface area (Å²) in [5.41, 5.74) is 3.98. The van der Waals surface area contributed by atoms with Crippen LogP contribution in [0.15, 0.2) is 66.0 Å². The van der Waals surface area contributed by atoms with Crippen molar-refractivity contribution in [3.05, 3.63) is 81.0 Å². The van der Waals surface area contributed by atoms with E-state index in [-0.39, 0.29) is 11.4 Å². The van der Waals surface area contributed by atoms with Crippen LogP contribution in [-0.4, -0.2) is 21.1 Å². The van der Waals surface area contributed by atoms with Crippen molar-refractivity contribution in [2.24, 2.45) is 0 Å². The highest BCUT2D eigenvalue weighted by Crippen LogP contribution is 2.28. The molecule has 0 saturated carbocycles. The number of hydrogen-bond acceptors (Lipinski definition) is 7. The number of nitro groups is 2. The van der Waals surface area contributed by atoms with Gasteiger partial charge < -0.3 is 0 Å². The van der Waals surface area contributed by atoms with Crippen molar-refractivity contribution in [2.75, 3.05) is 11.7 Å². The summed E-state index contributed by atoms with van der Waals surface area (Å²) < 4.78 is 1.53. The van der Waals surface area contributed by atoms with Crippen LogP contribution in [0.1, 0.15) is 0 Å². The number of non-ortho nitro benzene ring substituents is 1. The van der Waals surface area contributed by atoms with Gasteiger partial charge in [-0.05, 0) is 29.1 Å². The normalized spacial score (nSPS) is 10.4. The first-order valence-electron chi connectivity index (χ1n) is 7.71. The molecule has 136 valence electrons. The zero-order chi connectivity index (χ0) is 19.4. The molecule has 27 heavy (non-hydrogen) atoms. The third kappa shape index (κ3) is 4.01. The van der Waals surface area contributed by atoms with Gasteiger partial charge in [-0.1, -0.05) is 30.3 Å². The van der Waals surface area contributed by atoms with Crippen LogP contribution in [0, 0.1) is 20.2 Å². The zero-order valence-electron chi connectivity index (χ0n) is 14.1. The summed E-state index contributed by atoms with van der Waals surface area (Å²) in [6.07, 6.45) is 3.53. The van der Waals surface area contributed by atoms with Gasteiger partial charge in [0.05, 0.1) is 15.9 Å². The molecule has 3 rings (SSSR count). The van der Waals surface area contributed by atoms with E-state index in [0.717, 1.165) is 17.3 Å². The molecular formula is C17H14N5O4S+. The maximum atomic E-state index is 11.3. The topological polar surface area (TPSA) is 115 Å². The highest BCUT2D eigenvalue weighted by atomic mass is 32.2. The van der Waals surface area contributed by atoms with E-state index in [9.17, 15) is 20.2 Å². The minimum absolute atomic E-state index is 0.125. The molecule has 3 aromatic rings. The lowest BCUT2D eigenvalue weighted by Crippen LogP contribution is -2.45. The van der Waals surface area contributed by atoms with E-state index in [2.05, 4.69) is 10.4 Å². The molecule has 0 fully saturated rings. The van der Waals surface area contributed by atoms with Crippen molar-refractivity contribution in [2.45, 2.75) is 5.16 Å². The second kappa shape index (κ2) is 7.79. The standard InChI is InChI=1S/C17H14N5O4S/c1-27-17-18-14(12-5-3-2-4-6-12)9-10-20(17)19-15-8-7-13(21(23)24)11-16(15)22(25)26/h2-11,19H,1H3/q+1. The monoisotopic (exact) mass is 384 g/mol. The minimum Gasteiger partial charge on any atom is -0.258 e. The summed E-state index contributed by atoms with van der Waals surface area (Å²) in [5.74, 6) is 0. The molecule has 0 atom stereocenters. The molecule has 0 aliphatic heterocycles. The highest BCUT2D eigenvalue weighted by molar-refractivity contribution is 7.98. The fraction of sp³-hybridized carbons (Fsp3) is 0.0588. The van der Waals surface area contributed by atoms with Crippen molar-refractivity contribution < 1.29 is 14.5 Å². The number of hydrogen-bond donors (Lipinski definition) is 1. The molecule has 0 aliphatic rings. The fourth-order valence-electron chi connectivity index (χ4n) is 2.41. The molecule has 0 saturated heterocycles. The SMILES string of the molecule is CSc1nc(-c2ccccc2)cc[n+]1Nc1ccc([N+](=O)[O-])cc1[N+](=O)[O-]. The Morgan fingerprint density at radius 1 is 1.04 bits per heavy atom. The number of nitrogens with one attached hydrogen (secondary N) is 1. The Kier molecular flexibility index (Phi) is 5.27. The maximum Gasteiger partial charge on any atom is 0.383 e. The number of rotatable bonds is 6. The lowest BCUT2D eigenvalue weighted by molar-refractivity contribution is -0.685. The third-order valence-electron chi connectivity index (χ3n) is 3.69. The summed E-state index contributed by atoms with van der Waals surface area (Å²) in [5, 5.41) is 22.7. The van der Waals surface area contributed by atoms with Gasteiger partial charge >= 0.3 is 10.8 Å². The van der Waals surface area contributed by atoms with Crippen LogP contribution in [0.25, 0.3) is 11.3 Å². The van der Waals surface area contributed by atoms with E-state index >= 15 is 0 Å². The van der Waals surface area contributed by atoms with Gasteiger partial charge in [0, 0.05) is 17.7 Å². The largest absolute Gasteiger partial charge is 0.383 e. The number of aromatic nitrogens is 2. The van der Waals surface area contributed by atoms with E-state index < -0.39 is 15.5 Å². The van der Waals surface area contributed by atoms with Crippen LogP contribution in [-0.2, 0) is 0 Å². The number of benzene rings is 2. The molecule has 0 amide bonds. The summed E-state index contributed by atoms with van der Waals surface area (Å²) in [7, 11) is 0. The minimum atomic E-state index is -0.673. The highest BCUT2D eigenvalue weighted by Gasteiger charge is 2.23. The van der Waals surface area contributed by atoms with Gasteiger partial charge in [0.2, 0.25) is 0 Å². The third-order valence-corrected chi connectivity index (χ3v) is 4.34. The van der Waals surface area contributed by atoms with Crippen LogP contribution in [0.3, 0.4) is 0 Å². The Morgan fingerprint density at radius 3 is 2.41 bits per heavy atom. The van der Waals surface area contributed by atoms with Gasteiger partial charge in [-0.3, -0.25) is 20.2 Å². The van der Waals surface area contributed by atoms with Crippen molar-refractivity contribution >= 4 is 28.8 Å². The van der Waals surface area contributed by atoms with E-state index in [1.807, 2.05) is 36.6 Å². The van der Waals surface area contributed by atoms with E-state index in [1.54, 1.807) is 12.3 Å². The first-order valence-corrected chi connectivity index (χ1v) is 8.94. The Balaban J connectivity index is 1.98. The van der Waals surface area contributed by atoms with Crippen LogP contribution in [0.2, 0.25) is 0 Å². The number of anilines is 1. The second-order valence-corrected chi connectivity index (χ2v) is 6.14.